The number of hydrogen-bond donors (Lipinski definition) is 1. The summed E-state index contributed by atoms with van der Waals surface area (Å²) in [5, 5.41) is 0. The van der Waals surface area contributed by atoms with Crippen molar-refractivity contribution in [1.29, 1.82) is 0 Å². The number of halogens is 1. The van der Waals surface area contributed by atoms with Crippen LogP contribution < -0.4 is 5.73 Å². The third-order valence-electron chi connectivity index (χ3n) is 2.46. The first kappa shape index (κ1) is 12.0. The van der Waals surface area contributed by atoms with Crippen molar-refractivity contribution in [2.75, 3.05) is 5.73 Å². The molecule has 0 radical (unpaired) electrons. The molecule has 0 unspecified atom stereocenters. The van der Waals surface area contributed by atoms with Crippen LogP contribution >= 0.6 is 15.9 Å². The van der Waals surface area contributed by atoms with Crippen molar-refractivity contribution in [3.8, 4) is 0 Å². The second-order valence-electron chi connectivity index (χ2n) is 3.86. The largest absolute Gasteiger partial charge is 0.384 e. The summed E-state index contributed by atoms with van der Waals surface area (Å²) in [6.45, 7) is 2.06. The Morgan fingerprint density at radius 1 is 1.24 bits per heavy atom. The number of benzene rings is 1. The fourth-order valence-corrected chi connectivity index (χ4v) is 2.11. The van der Waals surface area contributed by atoms with Gasteiger partial charge in [-0.15, -0.1) is 0 Å². The third kappa shape index (κ3) is 3.27. The van der Waals surface area contributed by atoms with Crippen LogP contribution in [-0.2, 0) is 12.8 Å². The Morgan fingerprint density at radius 2 is 2.06 bits per heavy atom. The number of nitrogens with two attached hydrogens (primary N) is 1. The van der Waals surface area contributed by atoms with Crippen molar-refractivity contribution in [3.63, 3.8) is 0 Å². The second kappa shape index (κ2) is 5.27. The second-order valence-corrected chi connectivity index (χ2v) is 4.78. The van der Waals surface area contributed by atoms with Crippen molar-refractivity contribution < 1.29 is 0 Å². The maximum absolute atomic E-state index is 5.76. The number of anilines is 1. The highest BCUT2D eigenvalue weighted by molar-refractivity contribution is 9.10. The van der Waals surface area contributed by atoms with E-state index in [2.05, 4.69) is 45.0 Å². The minimum Gasteiger partial charge on any atom is -0.384 e. The van der Waals surface area contributed by atoms with Crippen LogP contribution in [-0.4, -0.2) is 9.97 Å². The van der Waals surface area contributed by atoms with E-state index < -0.39 is 0 Å². The van der Waals surface area contributed by atoms with Gasteiger partial charge >= 0.3 is 0 Å². The molecule has 2 N–H and O–H groups in total. The molecule has 1 heterocycles. The van der Waals surface area contributed by atoms with Gasteiger partial charge in [0.25, 0.3) is 0 Å². The lowest BCUT2D eigenvalue weighted by molar-refractivity contribution is 0.911. The summed E-state index contributed by atoms with van der Waals surface area (Å²) in [5.41, 5.74) is 7.92. The minimum absolute atomic E-state index is 0.543. The van der Waals surface area contributed by atoms with E-state index in [1.54, 1.807) is 0 Å². The standard InChI is InChI=1S/C13H14BrN3/c1-2-11-8-12(15)17-13(16-11)7-9-4-3-5-10(14)6-9/h3-6,8H,2,7H2,1H3,(H2,15,16,17). The van der Waals surface area contributed by atoms with Crippen molar-refractivity contribution in [2.24, 2.45) is 0 Å². The molecule has 4 heteroatoms. The van der Waals surface area contributed by atoms with Gasteiger partial charge in [0.2, 0.25) is 0 Å². The summed E-state index contributed by atoms with van der Waals surface area (Å²) >= 11 is 3.45. The van der Waals surface area contributed by atoms with Crippen molar-refractivity contribution in [1.82, 2.24) is 9.97 Å². The number of aryl methyl sites for hydroxylation is 1. The zero-order chi connectivity index (χ0) is 12.3. The molecule has 0 atom stereocenters. The summed E-state index contributed by atoms with van der Waals surface area (Å²) in [6, 6.07) is 9.96. The van der Waals surface area contributed by atoms with Crippen molar-refractivity contribution >= 4 is 21.7 Å². The summed E-state index contributed by atoms with van der Waals surface area (Å²) in [4.78, 5) is 8.73. The summed E-state index contributed by atoms with van der Waals surface area (Å²) in [6.07, 6.45) is 1.58. The average Bonchev–Trinajstić information content (AvgIpc) is 2.28. The molecule has 1 aromatic carbocycles. The highest BCUT2D eigenvalue weighted by Crippen LogP contribution is 2.14. The van der Waals surface area contributed by atoms with Gasteiger partial charge in [0.15, 0.2) is 0 Å². The number of aromatic nitrogens is 2. The molecule has 0 saturated heterocycles. The Hall–Kier alpha value is -1.42. The predicted octanol–water partition coefficient (Wildman–Crippen LogP) is 2.97. The molecule has 0 aliphatic rings. The minimum atomic E-state index is 0.543. The first-order valence-corrected chi connectivity index (χ1v) is 6.33. The van der Waals surface area contributed by atoms with Crippen LogP contribution in [0.1, 0.15) is 24.0 Å². The topological polar surface area (TPSA) is 51.8 Å². The molecule has 88 valence electrons. The smallest absolute Gasteiger partial charge is 0.135 e. The highest BCUT2D eigenvalue weighted by atomic mass is 79.9. The van der Waals surface area contributed by atoms with Gasteiger partial charge in [0, 0.05) is 22.7 Å². The van der Waals surface area contributed by atoms with Crippen LogP contribution in [0.4, 0.5) is 5.82 Å². The maximum Gasteiger partial charge on any atom is 0.135 e. The van der Waals surface area contributed by atoms with E-state index in [-0.39, 0.29) is 0 Å². The normalized spacial score (nSPS) is 10.5. The average molecular weight is 292 g/mol. The quantitative estimate of drug-likeness (QED) is 0.946. The van der Waals surface area contributed by atoms with Gasteiger partial charge < -0.3 is 5.73 Å². The molecule has 0 saturated carbocycles. The molecule has 0 aliphatic heterocycles. The lowest BCUT2D eigenvalue weighted by Crippen LogP contribution is -2.03. The van der Waals surface area contributed by atoms with Gasteiger partial charge in [-0.3, -0.25) is 0 Å². The molecule has 2 rings (SSSR count). The Labute approximate surface area is 109 Å². The number of nitrogen functional groups attached to an aromatic ring is 1. The van der Waals surface area contributed by atoms with E-state index in [4.69, 9.17) is 5.73 Å². The van der Waals surface area contributed by atoms with Crippen LogP contribution in [0, 0.1) is 0 Å². The molecular weight excluding hydrogens is 278 g/mol. The summed E-state index contributed by atoms with van der Waals surface area (Å²) < 4.78 is 1.06. The summed E-state index contributed by atoms with van der Waals surface area (Å²) in [7, 11) is 0. The fourth-order valence-electron chi connectivity index (χ4n) is 1.66. The van der Waals surface area contributed by atoms with Crippen LogP contribution in [0.15, 0.2) is 34.8 Å². The molecule has 0 amide bonds. The van der Waals surface area contributed by atoms with E-state index >= 15 is 0 Å². The monoisotopic (exact) mass is 291 g/mol. The van der Waals surface area contributed by atoms with Gasteiger partial charge in [-0.1, -0.05) is 35.0 Å². The Balaban J connectivity index is 2.26. The van der Waals surface area contributed by atoms with Gasteiger partial charge in [-0.25, -0.2) is 9.97 Å². The van der Waals surface area contributed by atoms with Gasteiger partial charge in [0.1, 0.15) is 11.6 Å². The first-order chi connectivity index (χ1) is 8.17. The first-order valence-electron chi connectivity index (χ1n) is 5.54. The zero-order valence-corrected chi connectivity index (χ0v) is 11.2. The van der Waals surface area contributed by atoms with Crippen LogP contribution in [0.25, 0.3) is 0 Å². The van der Waals surface area contributed by atoms with Gasteiger partial charge in [0.05, 0.1) is 0 Å². The Bertz CT molecular complexity index is 526. The number of hydrogen-bond acceptors (Lipinski definition) is 3. The molecule has 2 aromatic rings. The molecule has 0 bridgehead atoms. The lowest BCUT2D eigenvalue weighted by Gasteiger charge is -2.05. The molecule has 0 aliphatic carbocycles. The van der Waals surface area contributed by atoms with Crippen LogP contribution in [0.2, 0.25) is 0 Å². The van der Waals surface area contributed by atoms with Gasteiger partial charge in [-0.2, -0.15) is 0 Å². The van der Waals surface area contributed by atoms with E-state index in [0.717, 1.165) is 22.4 Å². The Kier molecular flexibility index (Phi) is 3.74. The Morgan fingerprint density at radius 3 is 2.76 bits per heavy atom. The van der Waals surface area contributed by atoms with Crippen LogP contribution in [0.5, 0.6) is 0 Å². The lowest BCUT2D eigenvalue weighted by atomic mass is 10.1. The maximum atomic E-state index is 5.76. The molecule has 0 fully saturated rings. The zero-order valence-electron chi connectivity index (χ0n) is 9.65. The molecule has 1 aromatic heterocycles. The SMILES string of the molecule is CCc1cc(N)nc(Cc2cccc(Br)c2)n1. The third-order valence-corrected chi connectivity index (χ3v) is 2.95. The molecule has 17 heavy (non-hydrogen) atoms. The van der Waals surface area contributed by atoms with E-state index in [1.807, 2.05) is 18.2 Å². The highest BCUT2D eigenvalue weighted by Gasteiger charge is 2.03. The van der Waals surface area contributed by atoms with Gasteiger partial charge in [-0.05, 0) is 24.1 Å². The predicted molar refractivity (Wildman–Crippen MR) is 72.8 cm³/mol. The van der Waals surface area contributed by atoms with E-state index in [0.29, 0.717) is 12.2 Å². The molecular formula is C13H14BrN3. The van der Waals surface area contributed by atoms with Crippen molar-refractivity contribution in [2.45, 2.75) is 19.8 Å². The number of nitrogens with zero attached hydrogens (tertiary/aromatic N) is 2. The van der Waals surface area contributed by atoms with E-state index in [1.165, 1.54) is 5.56 Å². The van der Waals surface area contributed by atoms with Crippen LogP contribution in [0.3, 0.4) is 0 Å². The van der Waals surface area contributed by atoms with Crippen molar-refractivity contribution in [3.05, 3.63) is 51.9 Å². The molecule has 0 spiro atoms. The number of rotatable bonds is 3. The fraction of sp³-hybridized carbons (Fsp3) is 0.231. The summed E-state index contributed by atoms with van der Waals surface area (Å²) in [5.74, 6) is 1.32. The van der Waals surface area contributed by atoms with E-state index in [9.17, 15) is 0 Å². The molecule has 3 nitrogen and oxygen atoms in total.